The van der Waals surface area contributed by atoms with Gasteiger partial charge < -0.3 is 10.5 Å². The highest BCUT2D eigenvalue weighted by atomic mass is 32.1. The summed E-state index contributed by atoms with van der Waals surface area (Å²) in [5, 5.41) is 14.7. The number of nitrogens with two attached hydrogens (primary N) is 1. The molecule has 0 fully saturated rings. The molecule has 0 radical (unpaired) electrons. The fourth-order valence-electron chi connectivity index (χ4n) is 2.25. The second-order valence-electron chi connectivity index (χ2n) is 6.47. The SMILES string of the molecule is CC(C)=CCC/C(C)=C/C(Nc1ccccc1)(OC(=O)[C@@H](N)CS)[N+](=O)[O-]. The van der Waals surface area contributed by atoms with Gasteiger partial charge in [-0.2, -0.15) is 12.6 Å². The summed E-state index contributed by atoms with van der Waals surface area (Å²) in [6.45, 7) is 5.73. The molecule has 0 saturated carbocycles. The largest absolute Gasteiger partial charge is 0.471 e. The molecule has 27 heavy (non-hydrogen) atoms. The van der Waals surface area contributed by atoms with E-state index < -0.39 is 22.8 Å². The smallest absolute Gasteiger partial charge is 0.373 e. The van der Waals surface area contributed by atoms with Crippen LogP contribution in [0.1, 0.15) is 33.6 Å². The number of ether oxygens (including phenoxy) is 1. The van der Waals surface area contributed by atoms with Gasteiger partial charge in [-0.15, -0.1) is 0 Å². The molecule has 1 rings (SSSR count). The summed E-state index contributed by atoms with van der Waals surface area (Å²) in [6.07, 6.45) is 4.68. The predicted molar refractivity (Wildman–Crippen MR) is 110 cm³/mol. The third-order valence-electron chi connectivity index (χ3n) is 3.66. The van der Waals surface area contributed by atoms with Crippen molar-refractivity contribution in [3.63, 3.8) is 0 Å². The molecule has 0 aliphatic rings. The number of benzene rings is 1. The summed E-state index contributed by atoms with van der Waals surface area (Å²) in [4.78, 5) is 23.5. The third kappa shape index (κ3) is 7.44. The molecule has 0 heterocycles. The lowest BCUT2D eigenvalue weighted by molar-refractivity contribution is -0.596. The van der Waals surface area contributed by atoms with E-state index in [1.165, 1.54) is 6.08 Å². The first-order valence-corrected chi connectivity index (χ1v) is 9.22. The van der Waals surface area contributed by atoms with Crippen LogP contribution in [0.4, 0.5) is 5.69 Å². The van der Waals surface area contributed by atoms with Gasteiger partial charge in [0.05, 0.1) is 11.0 Å². The number of allylic oxidation sites excluding steroid dienone is 3. The highest BCUT2D eigenvalue weighted by Gasteiger charge is 2.46. The van der Waals surface area contributed by atoms with Crippen LogP contribution in [0.5, 0.6) is 0 Å². The first kappa shape index (κ1) is 22.7. The number of carbonyl (C=O) groups excluding carboxylic acids is 1. The van der Waals surface area contributed by atoms with Crippen molar-refractivity contribution in [2.24, 2.45) is 5.73 Å². The molecule has 0 amide bonds. The molecular weight excluding hydrogens is 366 g/mol. The van der Waals surface area contributed by atoms with E-state index in [0.717, 1.165) is 12.0 Å². The average Bonchev–Trinajstić information content (AvgIpc) is 2.61. The van der Waals surface area contributed by atoms with Crippen LogP contribution in [-0.2, 0) is 9.53 Å². The minimum Gasteiger partial charge on any atom is -0.373 e. The number of nitro groups is 1. The number of hydrogen-bond acceptors (Lipinski definition) is 7. The maximum Gasteiger partial charge on any atom is 0.471 e. The maximum atomic E-state index is 12.2. The molecule has 1 aromatic rings. The van der Waals surface area contributed by atoms with Crippen molar-refractivity contribution in [1.82, 2.24) is 0 Å². The number of carbonyl (C=O) groups is 1. The number of anilines is 1. The van der Waals surface area contributed by atoms with Crippen molar-refractivity contribution in [2.45, 2.75) is 45.5 Å². The number of hydrogen-bond donors (Lipinski definition) is 3. The van der Waals surface area contributed by atoms with Gasteiger partial charge >= 0.3 is 11.8 Å². The maximum absolute atomic E-state index is 12.2. The van der Waals surface area contributed by atoms with Gasteiger partial charge in [0.2, 0.25) is 0 Å². The first-order chi connectivity index (χ1) is 12.7. The van der Waals surface area contributed by atoms with Gasteiger partial charge in [-0.1, -0.05) is 35.4 Å². The standard InChI is InChI=1S/C19H27N3O4S/c1-14(2)8-7-9-15(3)12-19(22(24)25,26-18(23)17(20)13-27)21-16-10-5-4-6-11-16/h4-6,8,10-12,17,21,27H,7,9,13,20H2,1-3H3/b15-12+/t17-,19?/m0/s1. The van der Waals surface area contributed by atoms with Crippen molar-refractivity contribution < 1.29 is 14.5 Å². The molecule has 7 nitrogen and oxygen atoms in total. The zero-order chi connectivity index (χ0) is 20.4. The quantitative estimate of drug-likeness (QED) is 0.140. The summed E-state index contributed by atoms with van der Waals surface area (Å²) >= 11 is 3.95. The van der Waals surface area contributed by atoms with Crippen molar-refractivity contribution in [3.8, 4) is 0 Å². The minimum absolute atomic E-state index is 0.0151. The summed E-state index contributed by atoms with van der Waals surface area (Å²) < 4.78 is 5.24. The van der Waals surface area contributed by atoms with E-state index in [4.69, 9.17) is 10.5 Å². The van der Waals surface area contributed by atoms with Crippen LogP contribution in [0.25, 0.3) is 0 Å². The van der Waals surface area contributed by atoms with Crippen molar-refractivity contribution in [3.05, 3.63) is 63.7 Å². The summed E-state index contributed by atoms with van der Waals surface area (Å²) in [5.41, 5.74) is 7.94. The van der Waals surface area contributed by atoms with Gasteiger partial charge in [-0.25, -0.2) is 0 Å². The third-order valence-corrected chi connectivity index (χ3v) is 4.05. The molecule has 0 aliphatic carbocycles. The van der Waals surface area contributed by atoms with Crippen molar-refractivity contribution in [1.29, 1.82) is 0 Å². The lowest BCUT2D eigenvalue weighted by Crippen LogP contribution is -2.51. The monoisotopic (exact) mass is 393 g/mol. The number of esters is 1. The lowest BCUT2D eigenvalue weighted by Gasteiger charge is -2.25. The number of nitrogens with one attached hydrogen (secondary N) is 1. The highest BCUT2D eigenvalue weighted by molar-refractivity contribution is 7.80. The molecule has 1 unspecified atom stereocenters. The van der Waals surface area contributed by atoms with E-state index in [1.807, 2.05) is 19.9 Å². The number of rotatable bonds is 10. The van der Waals surface area contributed by atoms with Crippen LogP contribution in [-0.4, -0.2) is 28.5 Å². The fourth-order valence-corrected chi connectivity index (χ4v) is 2.40. The molecular formula is C19H27N3O4S. The Balaban J connectivity index is 3.23. The molecule has 0 saturated heterocycles. The summed E-state index contributed by atoms with van der Waals surface area (Å²) in [5.74, 6) is -3.14. The second kappa shape index (κ2) is 10.7. The number of nitrogens with zero attached hydrogens (tertiary/aromatic N) is 1. The Morgan fingerprint density at radius 2 is 2.00 bits per heavy atom. The molecule has 1 aromatic carbocycles. The van der Waals surface area contributed by atoms with Crippen LogP contribution in [0.3, 0.4) is 0 Å². The normalized spacial score (nSPS) is 14.6. The Morgan fingerprint density at radius 1 is 1.37 bits per heavy atom. The van der Waals surface area contributed by atoms with Gasteiger partial charge in [0.1, 0.15) is 6.04 Å². The van der Waals surface area contributed by atoms with Gasteiger partial charge in [0.15, 0.2) is 0 Å². The molecule has 0 bridgehead atoms. The van der Waals surface area contributed by atoms with E-state index in [-0.39, 0.29) is 5.75 Å². The van der Waals surface area contributed by atoms with Crippen LogP contribution < -0.4 is 11.1 Å². The average molecular weight is 394 g/mol. The Kier molecular flexibility index (Phi) is 9.04. The molecule has 3 N–H and O–H groups in total. The van der Waals surface area contributed by atoms with E-state index in [2.05, 4.69) is 17.9 Å². The molecule has 148 valence electrons. The van der Waals surface area contributed by atoms with Crippen LogP contribution in [0.2, 0.25) is 0 Å². The number of para-hydroxylation sites is 1. The molecule has 0 spiro atoms. The van der Waals surface area contributed by atoms with E-state index >= 15 is 0 Å². The summed E-state index contributed by atoms with van der Waals surface area (Å²) in [7, 11) is 0. The summed E-state index contributed by atoms with van der Waals surface area (Å²) in [6, 6.07) is 7.46. The van der Waals surface area contributed by atoms with Gasteiger partial charge in [0.25, 0.3) is 0 Å². The number of thiol groups is 1. The van der Waals surface area contributed by atoms with Gasteiger partial charge in [0, 0.05) is 11.4 Å². The topological polar surface area (TPSA) is 107 Å². The van der Waals surface area contributed by atoms with Crippen molar-refractivity contribution >= 4 is 24.3 Å². The molecule has 2 atom stereocenters. The lowest BCUT2D eigenvalue weighted by atomic mass is 10.1. The van der Waals surface area contributed by atoms with Gasteiger partial charge in [-0.3, -0.25) is 20.2 Å². The fraction of sp³-hybridized carbons (Fsp3) is 0.421. The molecule has 8 heteroatoms. The minimum atomic E-state index is -2.26. The van der Waals surface area contributed by atoms with Crippen LogP contribution >= 0.6 is 12.6 Å². The Labute approximate surface area is 165 Å². The second-order valence-corrected chi connectivity index (χ2v) is 6.83. The van der Waals surface area contributed by atoms with Crippen LogP contribution in [0, 0.1) is 10.1 Å². The van der Waals surface area contributed by atoms with E-state index in [0.29, 0.717) is 17.7 Å². The molecule has 0 aliphatic heterocycles. The van der Waals surface area contributed by atoms with Gasteiger partial charge in [-0.05, 0) is 45.7 Å². The van der Waals surface area contributed by atoms with E-state index in [9.17, 15) is 14.9 Å². The Hall–Kier alpha value is -2.32. The first-order valence-electron chi connectivity index (χ1n) is 8.59. The predicted octanol–water partition coefficient (Wildman–Crippen LogP) is 3.52. The zero-order valence-electron chi connectivity index (χ0n) is 15.8. The Bertz CT molecular complexity index is 702. The zero-order valence-corrected chi connectivity index (χ0v) is 16.7. The van der Waals surface area contributed by atoms with Crippen molar-refractivity contribution in [2.75, 3.05) is 11.1 Å². The highest BCUT2D eigenvalue weighted by Crippen LogP contribution is 2.23. The van der Waals surface area contributed by atoms with E-state index in [1.54, 1.807) is 37.3 Å². The molecule has 0 aromatic heterocycles. The van der Waals surface area contributed by atoms with Crippen LogP contribution in [0.15, 0.2) is 53.6 Å². The Morgan fingerprint density at radius 3 is 2.52 bits per heavy atom.